The maximum atomic E-state index is 10.5. The summed E-state index contributed by atoms with van der Waals surface area (Å²) in [5.41, 5.74) is 0. The lowest BCUT2D eigenvalue weighted by Gasteiger charge is -1.99. The molecule has 0 fully saturated rings. The van der Waals surface area contributed by atoms with Gasteiger partial charge in [-0.3, -0.25) is 9.59 Å². The van der Waals surface area contributed by atoms with Crippen molar-refractivity contribution in [1.82, 2.24) is 0 Å². The number of esters is 1. The fraction of sp³-hybridized carbons (Fsp3) is 0.714. The summed E-state index contributed by atoms with van der Waals surface area (Å²) in [5.74, 6) is -1.19. The molecular formula is C7H12Cl2O4. The minimum Gasteiger partial charge on any atom is -0.481 e. The first-order valence-electron chi connectivity index (χ1n) is 3.53. The minimum absolute atomic E-state index is 0.0664. The summed E-state index contributed by atoms with van der Waals surface area (Å²) in [6.45, 7) is 3.19. The Hall–Kier alpha value is -0.480. The van der Waals surface area contributed by atoms with Gasteiger partial charge in [0.1, 0.15) is 4.84 Å². The van der Waals surface area contributed by atoms with Gasteiger partial charge in [-0.2, -0.15) is 0 Å². The molecule has 0 amide bonds. The largest absolute Gasteiger partial charge is 0.481 e. The number of halogens is 2. The zero-order chi connectivity index (χ0) is 10.9. The molecule has 0 bridgehead atoms. The molecule has 0 aliphatic heterocycles. The van der Waals surface area contributed by atoms with Gasteiger partial charge < -0.3 is 9.84 Å². The second-order valence-electron chi connectivity index (χ2n) is 1.92. The molecule has 0 unspecified atom stereocenters. The number of carbonyl (C=O) groups is 2. The predicted octanol–water partition coefficient (Wildman–Crippen LogP) is 1.83. The van der Waals surface area contributed by atoms with Crippen LogP contribution in [-0.2, 0) is 14.3 Å². The molecule has 78 valence electrons. The van der Waals surface area contributed by atoms with E-state index in [4.69, 9.17) is 33.1 Å². The molecule has 13 heavy (non-hydrogen) atoms. The Labute approximate surface area is 86.8 Å². The normalized spacial score (nSPS) is 8.69. The van der Waals surface area contributed by atoms with Crippen molar-refractivity contribution in [2.75, 3.05) is 6.61 Å². The van der Waals surface area contributed by atoms with Crippen LogP contribution in [0.1, 0.15) is 20.3 Å². The van der Waals surface area contributed by atoms with E-state index < -0.39 is 10.8 Å². The number of carboxylic acids is 1. The van der Waals surface area contributed by atoms with Crippen LogP contribution >= 0.6 is 23.2 Å². The van der Waals surface area contributed by atoms with Crippen LogP contribution in [0.25, 0.3) is 0 Å². The molecule has 0 aliphatic carbocycles. The second kappa shape index (κ2) is 9.61. The molecule has 0 aromatic heterocycles. The second-order valence-corrected chi connectivity index (χ2v) is 3.20. The molecule has 1 N–H and O–H groups in total. The average Bonchev–Trinajstić information content (AvgIpc) is 1.83. The van der Waals surface area contributed by atoms with Crippen LogP contribution in [0.15, 0.2) is 0 Å². The minimum atomic E-state index is -0.833. The van der Waals surface area contributed by atoms with E-state index in [0.717, 1.165) is 6.92 Å². The Morgan fingerprint density at radius 3 is 2.08 bits per heavy atom. The average molecular weight is 231 g/mol. The van der Waals surface area contributed by atoms with E-state index >= 15 is 0 Å². The van der Waals surface area contributed by atoms with Gasteiger partial charge in [0, 0.05) is 6.92 Å². The highest BCUT2D eigenvalue weighted by Gasteiger charge is 2.06. The number of hydrogen-bond acceptors (Lipinski definition) is 3. The Morgan fingerprint density at radius 2 is 1.85 bits per heavy atom. The van der Waals surface area contributed by atoms with Crippen LogP contribution in [0, 0.1) is 0 Å². The van der Waals surface area contributed by atoms with E-state index in [1.165, 1.54) is 0 Å². The lowest BCUT2D eigenvalue weighted by Crippen LogP contribution is -2.07. The smallest absolute Gasteiger partial charge is 0.308 e. The van der Waals surface area contributed by atoms with Gasteiger partial charge in [0.15, 0.2) is 0 Å². The first-order chi connectivity index (χ1) is 5.90. The predicted molar refractivity (Wildman–Crippen MR) is 50.1 cm³/mol. The Kier molecular flexibility index (Phi) is 11.1. The first-order valence-corrected chi connectivity index (χ1v) is 4.40. The van der Waals surface area contributed by atoms with Crippen LogP contribution in [0.4, 0.5) is 0 Å². The maximum Gasteiger partial charge on any atom is 0.308 e. The van der Waals surface area contributed by atoms with Crippen LogP contribution in [-0.4, -0.2) is 28.5 Å². The number of carbonyl (C=O) groups excluding carboxylic acids is 1. The molecule has 0 aromatic carbocycles. The van der Waals surface area contributed by atoms with Gasteiger partial charge >= 0.3 is 5.97 Å². The highest BCUT2D eigenvalue weighted by Crippen LogP contribution is 2.07. The maximum absolute atomic E-state index is 10.5. The lowest BCUT2D eigenvalue weighted by molar-refractivity contribution is -0.142. The summed E-state index contributed by atoms with van der Waals surface area (Å²) in [4.78, 5) is 18.8. The third-order valence-electron chi connectivity index (χ3n) is 0.626. The van der Waals surface area contributed by atoms with Gasteiger partial charge in [-0.15, -0.1) is 23.2 Å². The number of rotatable bonds is 3. The topological polar surface area (TPSA) is 63.6 Å². The Bertz CT molecular complexity index is 155. The first kappa shape index (κ1) is 15.0. The number of hydrogen-bond donors (Lipinski definition) is 1. The molecule has 0 atom stereocenters. The van der Waals surface area contributed by atoms with Gasteiger partial charge in [0.25, 0.3) is 5.97 Å². The van der Waals surface area contributed by atoms with Crippen LogP contribution in [0.2, 0.25) is 0 Å². The fourth-order valence-electron chi connectivity index (χ4n) is 0.346. The van der Waals surface area contributed by atoms with Gasteiger partial charge in [-0.1, -0.05) is 0 Å². The van der Waals surface area contributed by atoms with E-state index in [0.29, 0.717) is 6.61 Å². The SMILES string of the molecule is CC(=O)O.CCOC(=O)CC(Cl)Cl. The van der Waals surface area contributed by atoms with Crippen molar-refractivity contribution in [2.24, 2.45) is 0 Å². The van der Waals surface area contributed by atoms with E-state index in [2.05, 4.69) is 4.74 Å². The number of alkyl halides is 2. The molecule has 0 radical (unpaired) electrons. The highest BCUT2D eigenvalue weighted by atomic mass is 35.5. The van der Waals surface area contributed by atoms with Crippen LogP contribution in [0.3, 0.4) is 0 Å². The van der Waals surface area contributed by atoms with Crippen molar-refractivity contribution >= 4 is 35.1 Å². The molecule has 0 rings (SSSR count). The van der Waals surface area contributed by atoms with Crippen molar-refractivity contribution in [3.8, 4) is 0 Å². The molecule has 4 nitrogen and oxygen atoms in total. The van der Waals surface area contributed by atoms with Crippen molar-refractivity contribution in [3.05, 3.63) is 0 Å². The molecule has 0 aromatic rings. The zero-order valence-electron chi connectivity index (χ0n) is 7.42. The third kappa shape index (κ3) is 24.6. The molecule has 0 saturated heterocycles. The zero-order valence-corrected chi connectivity index (χ0v) is 8.93. The molecule has 0 aliphatic rings. The quantitative estimate of drug-likeness (QED) is 0.594. The monoisotopic (exact) mass is 230 g/mol. The van der Waals surface area contributed by atoms with Crippen LogP contribution < -0.4 is 0 Å². The molecule has 6 heteroatoms. The van der Waals surface area contributed by atoms with Gasteiger partial charge in [0.2, 0.25) is 0 Å². The summed E-state index contributed by atoms with van der Waals surface area (Å²) in [7, 11) is 0. The summed E-state index contributed by atoms with van der Waals surface area (Å²) < 4.78 is 4.54. The number of ether oxygens (including phenoxy) is 1. The number of aliphatic carboxylic acids is 1. The Morgan fingerprint density at radius 1 is 1.46 bits per heavy atom. The van der Waals surface area contributed by atoms with Crippen molar-refractivity contribution in [2.45, 2.75) is 25.1 Å². The van der Waals surface area contributed by atoms with Crippen LogP contribution in [0.5, 0.6) is 0 Å². The van der Waals surface area contributed by atoms with Gasteiger partial charge in [0.05, 0.1) is 13.0 Å². The molecule has 0 saturated carbocycles. The number of carboxylic acid groups (broad SMARTS) is 1. The fourth-order valence-corrected chi connectivity index (χ4v) is 0.598. The summed E-state index contributed by atoms with van der Waals surface area (Å²) in [6, 6.07) is 0. The van der Waals surface area contributed by atoms with E-state index in [1.54, 1.807) is 6.92 Å². The van der Waals surface area contributed by atoms with E-state index in [1.807, 2.05) is 0 Å². The third-order valence-corrected chi connectivity index (χ3v) is 0.935. The summed E-state index contributed by atoms with van der Waals surface area (Å²) in [6.07, 6.45) is 0.0664. The van der Waals surface area contributed by atoms with Crippen molar-refractivity contribution in [3.63, 3.8) is 0 Å². The summed E-state index contributed by atoms with van der Waals surface area (Å²) >= 11 is 10.5. The van der Waals surface area contributed by atoms with Crippen molar-refractivity contribution in [1.29, 1.82) is 0 Å². The van der Waals surface area contributed by atoms with Crippen molar-refractivity contribution < 1.29 is 19.4 Å². The lowest BCUT2D eigenvalue weighted by atomic mass is 10.5. The molecule has 0 spiro atoms. The molecular weight excluding hydrogens is 219 g/mol. The van der Waals surface area contributed by atoms with Gasteiger partial charge in [-0.25, -0.2) is 0 Å². The Balaban J connectivity index is 0. The highest BCUT2D eigenvalue weighted by molar-refractivity contribution is 6.45. The molecule has 0 heterocycles. The standard InChI is InChI=1S/C5H8Cl2O2.C2H4O2/c1-2-9-5(8)3-4(6)7;1-2(3)4/h4H,2-3H2,1H3;1H3,(H,3,4). The summed E-state index contributed by atoms with van der Waals surface area (Å²) in [5, 5.41) is 7.42. The van der Waals surface area contributed by atoms with E-state index in [9.17, 15) is 4.79 Å². The van der Waals surface area contributed by atoms with E-state index in [-0.39, 0.29) is 12.4 Å². The van der Waals surface area contributed by atoms with Gasteiger partial charge in [-0.05, 0) is 6.92 Å².